The number of aromatic nitrogens is 2. The Morgan fingerprint density at radius 2 is 1.54 bits per heavy atom. The summed E-state index contributed by atoms with van der Waals surface area (Å²) in [5.41, 5.74) is 6.38. The van der Waals surface area contributed by atoms with E-state index in [1.807, 2.05) is 55.7 Å². The second-order valence-electron chi connectivity index (χ2n) is 9.50. The summed E-state index contributed by atoms with van der Waals surface area (Å²) in [6.07, 6.45) is 5.16. The summed E-state index contributed by atoms with van der Waals surface area (Å²) in [7, 11) is 1.87. The number of hydrogen-bond acceptors (Lipinski definition) is 3. The molecule has 0 aliphatic heterocycles. The second-order valence-corrected chi connectivity index (χ2v) is 9.50. The van der Waals surface area contributed by atoms with E-state index in [1.54, 1.807) is 4.68 Å². The van der Waals surface area contributed by atoms with Crippen molar-refractivity contribution in [2.24, 2.45) is 7.05 Å². The second kappa shape index (κ2) is 9.51. The minimum atomic E-state index is -0.732. The molecule has 0 amide bonds. The van der Waals surface area contributed by atoms with Crippen LogP contribution in [0.2, 0.25) is 0 Å². The van der Waals surface area contributed by atoms with Crippen molar-refractivity contribution in [2.45, 2.75) is 43.6 Å². The van der Waals surface area contributed by atoms with Gasteiger partial charge in [-0.25, -0.2) is 0 Å². The molecular formula is C30H30N2O3. The van der Waals surface area contributed by atoms with Crippen LogP contribution in [0.15, 0.2) is 85.1 Å². The van der Waals surface area contributed by atoms with Gasteiger partial charge in [-0.15, -0.1) is 0 Å². The van der Waals surface area contributed by atoms with E-state index in [4.69, 9.17) is 0 Å². The molecule has 1 saturated carbocycles. The van der Waals surface area contributed by atoms with Gasteiger partial charge in [0.1, 0.15) is 0 Å². The van der Waals surface area contributed by atoms with E-state index >= 15 is 0 Å². The van der Waals surface area contributed by atoms with Gasteiger partial charge in [-0.05, 0) is 59.9 Å². The molecule has 1 fully saturated rings. The largest absolute Gasteiger partial charge is 0.481 e. The van der Waals surface area contributed by atoms with Gasteiger partial charge in [0.2, 0.25) is 0 Å². The number of rotatable bonds is 9. The topological polar surface area (TPSA) is 75.4 Å². The SMILES string of the molecule is Cn1ncc(-c2ccc(-c3ccc(C4(C(=O)O)CC4)cc3)cc2)c1C(O)CCCc1ccccc1. The lowest BCUT2D eigenvalue weighted by Gasteiger charge is -2.14. The molecule has 5 rings (SSSR count). The Labute approximate surface area is 205 Å². The van der Waals surface area contributed by atoms with Gasteiger partial charge in [0, 0.05) is 12.6 Å². The maximum atomic E-state index is 11.6. The third-order valence-corrected chi connectivity index (χ3v) is 7.21. The van der Waals surface area contributed by atoms with Crippen LogP contribution in [0, 0.1) is 0 Å². The van der Waals surface area contributed by atoms with Gasteiger partial charge in [-0.3, -0.25) is 9.48 Å². The molecule has 1 heterocycles. The van der Waals surface area contributed by atoms with Crippen molar-refractivity contribution in [3.05, 3.63) is 102 Å². The summed E-state index contributed by atoms with van der Waals surface area (Å²) in [5, 5.41) is 24.9. The molecule has 1 aromatic heterocycles. The highest BCUT2D eigenvalue weighted by atomic mass is 16.4. The predicted molar refractivity (Wildman–Crippen MR) is 137 cm³/mol. The summed E-state index contributed by atoms with van der Waals surface area (Å²) in [4.78, 5) is 11.6. The summed E-state index contributed by atoms with van der Waals surface area (Å²) in [5.74, 6) is -0.732. The van der Waals surface area contributed by atoms with Crippen LogP contribution < -0.4 is 0 Å². The number of aliphatic carboxylic acids is 1. The normalized spacial score (nSPS) is 15.0. The molecular weight excluding hydrogens is 436 g/mol. The van der Waals surface area contributed by atoms with E-state index in [0.29, 0.717) is 19.3 Å². The number of aryl methyl sites for hydroxylation is 2. The molecule has 5 nitrogen and oxygen atoms in total. The minimum Gasteiger partial charge on any atom is -0.481 e. The highest BCUT2D eigenvalue weighted by Gasteiger charge is 2.51. The molecule has 1 aliphatic rings. The Morgan fingerprint density at radius 3 is 2.14 bits per heavy atom. The Morgan fingerprint density at radius 1 is 0.943 bits per heavy atom. The zero-order valence-corrected chi connectivity index (χ0v) is 19.9. The van der Waals surface area contributed by atoms with Crippen LogP contribution >= 0.6 is 0 Å². The Bertz CT molecular complexity index is 1300. The number of carboxylic acids is 1. The fraction of sp³-hybridized carbons (Fsp3) is 0.267. The molecule has 178 valence electrons. The lowest BCUT2D eigenvalue weighted by atomic mass is 9.93. The first-order chi connectivity index (χ1) is 17.0. The standard InChI is InChI=1S/C30H30N2O3/c1-32-28(27(33)9-5-8-21-6-3-2-4-7-21)26(20-31-32)24-12-10-22(11-13-24)23-14-16-25(17-15-23)30(18-19-30)29(34)35/h2-4,6-7,10-17,20,27,33H,5,8-9,18-19H2,1H3,(H,34,35). The Balaban J connectivity index is 1.29. The third-order valence-electron chi connectivity index (χ3n) is 7.21. The Kier molecular flexibility index (Phi) is 6.27. The number of aliphatic hydroxyl groups excluding tert-OH is 1. The molecule has 0 saturated heterocycles. The number of benzene rings is 3. The first kappa shape index (κ1) is 23.1. The average Bonchev–Trinajstić information content (AvgIpc) is 3.61. The van der Waals surface area contributed by atoms with E-state index in [0.717, 1.165) is 46.4 Å². The maximum absolute atomic E-state index is 11.6. The van der Waals surface area contributed by atoms with Crippen LogP contribution in [-0.2, 0) is 23.7 Å². The van der Waals surface area contributed by atoms with E-state index < -0.39 is 17.5 Å². The molecule has 5 heteroatoms. The quantitative estimate of drug-likeness (QED) is 0.321. The van der Waals surface area contributed by atoms with E-state index in [-0.39, 0.29) is 0 Å². The molecule has 35 heavy (non-hydrogen) atoms. The molecule has 3 aromatic carbocycles. The molecule has 0 bridgehead atoms. The highest BCUT2D eigenvalue weighted by Crippen LogP contribution is 2.48. The van der Waals surface area contributed by atoms with Gasteiger partial charge in [0.15, 0.2) is 0 Å². The van der Waals surface area contributed by atoms with Gasteiger partial charge >= 0.3 is 5.97 Å². The van der Waals surface area contributed by atoms with Crippen molar-refractivity contribution in [1.82, 2.24) is 9.78 Å². The van der Waals surface area contributed by atoms with Crippen LogP contribution in [0.25, 0.3) is 22.3 Å². The van der Waals surface area contributed by atoms with Crippen LogP contribution in [0.5, 0.6) is 0 Å². The van der Waals surface area contributed by atoms with Gasteiger partial charge in [-0.1, -0.05) is 78.9 Å². The first-order valence-electron chi connectivity index (χ1n) is 12.2. The number of aliphatic hydroxyl groups is 1. The van der Waals surface area contributed by atoms with Crippen LogP contribution in [0.1, 0.15) is 48.6 Å². The van der Waals surface area contributed by atoms with Gasteiger partial charge in [0.25, 0.3) is 0 Å². The molecule has 1 aliphatic carbocycles. The predicted octanol–water partition coefficient (Wildman–Crippen LogP) is 5.93. The number of nitrogens with zero attached hydrogens (tertiary/aromatic N) is 2. The lowest BCUT2D eigenvalue weighted by Crippen LogP contribution is -2.19. The van der Waals surface area contributed by atoms with Crippen molar-refractivity contribution in [3.63, 3.8) is 0 Å². The van der Waals surface area contributed by atoms with Gasteiger partial charge < -0.3 is 10.2 Å². The molecule has 0 radical (unpaired) electrons. The fourth-order valence-electron chi connectivity index (χ4n) is 4.92. The van der Waals surface area contributed by atoms with Crippen LogP contribution in [-0.4, -0.2) is 26.0 Å². The molecule has 2 N–H and O–H groups in total. The number of hydrogen-bond donors (Lipinski definition) is 2. The third kappa shape index (κ3) is 4.64. The Hall–Kier alpha value is -3.70. The first-order valence-corrected chi connectivity index (χ1v) is 12.2. The summed E-state index contributed by atoms with van der Waals surface area (Å²) in [6.45, 7) is 0. The van der Waals surface area contributed by atoms with Crippen molar-refractivity contribution >= 4 is 5.97 Å². The number of carboxylic acid groups (broad SMARTS) is 1. The highest BCUT2D eigenvalue weighted by molar-refractivity contribution is 5.85. The summed E-state index contributed by atoms with van der Waals surface area (Å²) < 4.78 is 1.77. The van der Waals surface area contributed by atoms with Gasteiger partial charge in [-0.2, -0.15) is 5.10 Å². The average molecular weight is 467 g/mol. The molecule has 1 atom stereocenters. The monoisotopic (exact) mass is 466 g/mol. The summed E-state index contributed by atoms with van der Waals surface area (Å²) in [6, 6.07) is 26.5. The van der Waals surface area contributed by atoms with E-state index in [2.05, 4.69) is 41.5 Å². The van der Waals surface area contributed by atoms with Crippen LogP contribution in [0.3, 0.4) is 0 Å². The maximum Gasteiger partial charge on any atom is 0.314 e. The zero-order valence-electron chi connectivity index (χ0n) is 19.9. The van der Waals surface area contributed by atoms with E-state index in [9.17, 15) is 15.0 Å². The lowest BCUT2D eigenvalue weighted by molar-refractivity contribution is -0.140. The molecule has 4 aromatic rings. The zero-order chi connectivity index (χ0) is 24.4. The van der Waals surface area contributed by atoms with Crippen LogP contribution in [0.4, 0.5) is 0 Å². The van der Waals surface area contributed by atoms with Gasteiger partial charge in [0.05, 0.1) is 23.4 Å². The smallest absolute Gasteiger partial charge is 0.314 e. The minimum absolute atomic E-state index is 0.586. The fourth-order valence-corrected chi connectivity index (χ4v) is 4.92. The molecule has 0 spiro atoms. The van der Waals surface area contributed by atoms with Crippen molar-refractivity contribution < 1.29 is 15.0 Å². The van der Waals surface area contributed by atoms with Crippen molar-refractivity contribution in [3.8, 4) is 22.3 Å². The van der Waals surface area contributed by atoms with Crippen molar-refractivity contribution in [1.29, 1.82) is 0 Å². The van der Waals surface area contributed by atoms with E-state index in [1.165, 1.54) is 5.56 Å². The number of carbonyl (C=O) groups is 1. The van der Waals surface area contributed by atoms with Crippen molar-refractivity contribution in [2.75, 3.05) is 0 Å². The summed E-state index contributed by atoms with van der Waals surface area (Å²) >= 11 is 0. The molecule has 1 unspecified atom stereocenters.